The third-order valence-electron chi connectivity index (χ3n) is 4.63. The molecule has 2 N–H and O–H groups in total. The quantitative estimate of drug-likeness (QED) is 0.343. The van der Waals surface area contributed by atoms with Gasteiger partial charge in [0.15, 0.2) is 11.9 Å². The maximum absolute atomic E-state index is 12.4. The number of fused-ring (bicyclic) bond motifs is 1. The molecule has 0 unspecified atom stereocenters. The van der Waals surface area contributed by atoms with Gasteiger partial charge in [-0.2, -0.15) is 0 Å². The Bertz CT molecular complexity index is 1250. The Balaban J connectivity index is 1.35. The van der Waals surface area contributed by atoms with Gasteiger partial charge in [0.2, 0.25) is 0 Å². The number of halogens is 2. The van der Waals surface area contributed by atoms with Gasteiger partial charge in [-0.25, -0.2) is 0 Å². The largest absolute Gasteiger partial charge is 0.479 e. The number of amides is 2. The number of para-hydroxylation sites is 1. The normalized spacial score (nSPS) is 11.7. The van der Waals surface area contributed by atoms with Crippen LogP contribution in [-0.2, 0) is 4.79 Å². The van der Waals surface area contributed by atoms with Crippen LogP contribution < -0.4 is 15.4 Å². The molecule has 0 aliphatic heterocycles. The monoisotopic (exact) mass is 468 g/mol. The Kier molecular flexibility index (Phi) is 6.35. The predicted octanol–water partition coefficient (Wildman–Crippen LogP) is 6.40. The number of ether oxygens (including phenoxy) is 1. The fraction of sp³-hybridized carbons (Fsp3) is 0.0833. The number of rotatable bonds is 6. The van der Waals surface area contributed by atoms with Crippen LogP contribution in [0.3, 0.4) is 0 Å². The second-order valence-electron chi connectivity index (χ2n) is 7.00. The number of anilines is 2. The zero-order chi connectivity index (χ0) is 22.7. The highest BCUT2D eigenvalue weighted by molar-refractivity contribution is 6.35. The second-order valence-corrected chi connectivity index (χ2v) is 7.85. The number of furan rings is 1. The molecule has 4 aromatic rings. The summed E-state index contributed by atoms with van der Waals surface area (Å²) in [7, 11) is 0. The zero-order valence-corrected chi connectivity index (χ0v) is 18.4. The van der Waals surface area contributed by atoms with Crippen molar-refractivity contribution in [2.45, 2.75) is 13.0 Å². The van der Waals surface area contributed by atoms with Gasteiger partial charge in [-0.1, -0.05) is 41.4 Å². The van der Waals surface area contributed by atoms with E-state index in [4.69, 9.17) is 32.4 Å². The van der Waals surface area contributed by atoms with E-state index in [1.165, 1.54) is 0 Å². The first kappa shape index (κ1) is 21.7. The molecule has 0 aliphatic rings. The summed E-state index contributed by atoms with van der Waals surface area (Å²) >= 11 is 12.0. The number of hydrogen-bond acceptors (Lipinski definition) is 4. The lowest BCUT2D eigenvalue weighted by molar-refractivity contribution is -0.122. The van der Waals surface area contributed by atoms with Crippen molar-refractivity contribution in [1.82, 2.24) is 0 Å². The molecule has 0 radical (unpaired) electrons. The molecular formula is C24H18Cl2N2O4. The van der Waals surface area contributed by atoms with Gasteiger partial charge in [-0.15, -0.1) is 0 Å². The average Bonchev–Trinajstić information content (AvgIpc) is 3.21. The Morgan fingerprint density at radius 3 is 2.28 bits per heavy atom. The van der Waals surface area contributed by atoms with Gasteiger partial charge in [0.05, 0.1) is 5.02 Å². The highest BCUT2D eigenvalue weighted by Gasteiger charge is 2.17. The van der Waals surface area contributed by atoms with E-state index in [2.05, 4.69) is 10.6 Å². The van der Waals surface area contributed by atoms with Crippen molar-refractivity contribution in [3.8, 4) is 5.75 Å². The van der Waals surface area contributed by atoms with Crippen molar-refractivity contribution >= 4 is 57.4 Å². The molecule has 3 aromatic carbocycles. The summed E-state index contributed by atoms with van der Waals surface area (Å²) in [6, 6.07) is 20.6. The topological polar surface area (TPSA) is 80.6 Å². The summed E-state index contributed by atoms with van der Waals surface area (Å²) in [5, 5.41) is 7.18. The van der Waals surface area contributed by atoms with Crippen LogP contribution in [0.15, 0.2) is 77.2 Å². The second kappa shape index (κ2) is 9.34. The molecule has 0 aliphatic carbocycles. The van der Waals surface area contributed by atoms with Gasteiger partial charge in [0, 0.05) is 21.8 Å². The minimum absolute atomic E-state index is 0.218. The number of benzene rings is 3. The fourth-order valence-electron chi connectivity index (χ4n) is 2.98. The molecule has 0 bridgehead atoms. The molecule has 1 aromatic heterocycles. The Labute approximate surface area is 194 Å². The van der Waals surface area contributed by atoms with Crippen molar-refractivity contribution in [2.24, 2.45) is 0 Å². The van der Waals surface area contributed by atoms with Gasteiger partial charge in [0.1, 0.15) is 11.3 Å². The van der Waals surface area contributed by atoms with E-state index in [0.717, 1.165) is 5.39 Å². The van der Waals surface area contributed by atoms with Crippen molar-refractivity contribution in [3.05, 3.63) is 88.6 Å². The highest BCUT2D eigenvalue weighted by atomic mass is 35.5. The summed E-state index contributed by atoms with van der Waals surface area (Å²) in [5.74, 6) is -0.132. The highest BCUT2D eigenvalue weighted by Crippen LogP contribution is 2.28. The molecule has 32 heavy (non-hydrogen) atoms. The molecule has 0 spiro atoms. The van der Waals surface area contributed by atoms with Crippen LogP contribution in [0.5, 0.6) is 5.75 Å². The number of carbonyl (C=O) groups is 2. The van der Waals surface area contributed by atoms with Crippen molar-refractivity contribution < 1.29 is 18.7 Å². The van der Waals surface area contributed by atoms with Crippen LogP contribution in [0, 0.1) is 0 Å². The number of carbonyl (C=O) groups excluding carboxylic acids is 2. The first-order valence-corrected chi connectivity index (χ1v) is 10.5. The lowest BCUT2D eigenvalue weighted by Gasteiger charge is -2.16. The van der Waals surface area contributed by atoms with Crippen molar-refractivity contribution in [1.29, 1.82) is 0 Å². The average molecular weight is 469 g/mol. The van der Waals surface area contributed by atoms with Crippen LogP contribution in [0.1, 0.15) is 17.5 Å². The van der Waals surface area contributed by atoms with Crippen LogP contribution in [0.25, 0.3) is 11.0 Å². The van der Waals surface area contributed by atoms with Gasteiger partial charge >= 0.3 is 0 Å². The van der Waals surface area contributed by atoms with E-state index in [9.17, 15) is 9.59 Å². The predicted molar refractivity (Wildman–Crippen MR) is 126 cm³/mol. The van der Waals surface area contributed by atoms with E-state index < -0.39 is 6.10 Å². The molecule has 0 saturated carbocycles. The third kappa shape index (κ3) is 5.04. The Morgan fingerprint density at radius 2 is 1.59 bits per heavy atom. The summed E-state index contributed by atoms with van der Waals surface area (Å²) in [4.78, 5) is 24.9. The SMILES string of the molecule is C[C@H](Oc1ccc(Cl)cc1Cl)C(=O)Nc1ccc(NC(=O)c2cc3ccccc3o2)cc1. The molecule has 8 heteroatoms. The van der Waals surface area contributed by atoms with E-state index in [1.54, 1.807) is 61.5 Å². The van der Waals surface area contributed by atoms with E-state index in [-0.39, 0.29) is 17.6 Å². The standard InChI is InChI=1S/C24H18Cl2N2O4/c1-14(31-21-11-6-16(25)13-19(21)26)23(29)27-17-7-9-18(10-8-17)28-24(30)22-12-15-4-2-3-5-20(15)32-22/h2-14H,1H3,(H,27,29)(H,28,30)/t14-/m0/s1. The van der Waals surface area contributed by atoms with Crippen LogP contribution in [-0.4, -0.2) is 17.9 Å². The minimum Gasteiger partial charge on any atom is -0.479 e. The minimum atomic E-state index is -0.791. The fourth-order valence-corrected chi connectivity index (χ4v) is 3.44. The van der Waals surface area contributed by atoms with E-state index >= 15 is 0 Å². The molecule has 162 valence electrons. The first-order valence-electron chi connectivity index (χ1n) is 9.71. The molecule has 1 heterocycles. The first-order chi connectivity index (χ1) is 15.4. The summed E-state index contributed by atoms with van der Waals surface area (Å²) in [6.45, 7) is 1.61. The summed E-state index contributed by atoms with van der Waals surface area (Å²) < 4.78 is 11.2. The third-order valence-corrected chi connectivity index (χ3v) is 5.16. The number of hydrogen-bond donors (Lipinski definition) is 2. The van der Waals surface area contributed by atoms with E-state index in [0.29, 0.717) is 32.8 Å². The number of nitrogens with one attached hydrogen (secondary N) is 2. The van der Waals surface area contributed by atoms with E-state index in [1.807, 2.05) is 18.2 Å². The molecule has 0 saturated heterocycles. The molecule has 2 amide bonds. The molecular weight excluding hydrogens is 451 g/mol. The smallest absolute Gasteiger partial charge is 0.291 e. The van der Waals surface area contributed by atoms with Gasteiger partial charge < -0.3 is 19.8 Å². The van der Waals surface area contributed by atoms with Crippen molar-refractivity contribution in [3.63, 3.8) is 0 Å². The Hall–Kier alpha value is -3.48. The molecule has 1 atom stereocenters. The molecule has 4 rings (SSSR count). The zero-order valence-electron chi connectivity index (χ0n) is 16.9. The van der Waals surface area contributed by atoms with Crippen LogP contribution in [0.2, 0.25) is 10.0 Å². The molecule has 6 nitrogen and oxygen atoms in total. The van der Waals surface area contributed by atoms with Crippen LogP contribution >= 0.6 is 23.2 Å². The Morgan fingerprint density at radius 1 is 0.906 bits per heavy atom. The summed E-state index contributed by atoms with van der Waals surface area (Å²) in [5.41, 5.74) is 1.76. The molecule has 0 fully saturated rings. The lowest BCUT2D eigenvalue weighted by atomic mass is 10.2. The maximum Gasteiger partial charge on any atom is 0.291 e. The lowest BCUT2D eigenvalue weighted by Crippen LogP contribution is -2.30. The van der Waals surface area contributed by atoms with Gasteiger partial charge in [-0.3, -0.25) is 9.59 Å². The van der Waals surface area contributed by atoms with Gasteiger partial charge in [-0.05, 0) is 61.5 Å². The van der Waals surface area contributed by atoms with Gasteiger partial charge in [0.25, 0.3) is 11.8 Å². The summed E-state index contributed by atoms with van der Waals surface area (Å²) in [6.07, 6.45) is -0.791. The van der Waals surface area contributed by atoms with Crippen molar-refractivity contribution in [2.75, 3.05) is 10.6 Å². The van der Waals surface area contributed by atoms with Crippen LogP contribution in [0.4, 0.5) is 11.4 Å². The maximum atomic E-state index is 12.4.